The number of amides is 1. The number of rotatable bonds is 6. The van der Waals surface area contributed by atoms with Gasteiger partial charge in [0.1, 0.15) is 5.02 Å². The Morgan fingerprint density at radius 3 is 2.67 bits per heavy atom. The lowest BCUT2D eigenvalue weighted by molar-refractivity contribution is -0.384. The van der Waals surface area contributed by atoms with Gasteiger partial charge < -0.3 is 9.73 Å². The summed E-state index contributed by atoms with van der Waals surface area (Å²) in [6, 6.07) is 11.7. The van der Waals surface area contributed by atoms with Crippen molar-refractivity contribution in [2.45, 2.75) is 19.8 Å². The van der Waals surface area contributed by atoms with E-state index in [-0.39, 0.29) is 29.5 Å². The van der Waals surface area contributed by atoms with Crippen molar-refractivity contribution in [1.82, 2.24) is 10.2 Å². The van der Waals surface area contributed by atoms with Crippen molar-refractivity contribution in [2.24, 2.45) is 0 Å². The summed E-state index contributed by atoms with van der Waals surface area (Å²) in [7, 11) is 0. The minimum absolute atomic E-state index is 0.00694. The monoisotopic (exact) mass is 386 g/mol. The van der Waals surface area contributed by atoms with Crippen LogP contribution in [0.25, 0.3) is 11.5 Å². The second-order valence-electron chi connectivity index (χ2n) is 5.84. The Hall–Kier alpha value is -3.26. The summed E-state index contributed by atoms with van der Waals surface area (Å²) >= 11 is 5.75. The molecule has 1 heterocycles. The summed E-state index contributed by atoms with van der Waals surface area (Å²) in [6.45, 7) is 1.98. The largest absolute Gasteiger partial charge is 0.421 e. The first-order chi connectivity index (χ1) is 12.9. The van der Waals surface area contributed by atoms with E-state index in [1.54, 1.807) is 0 Å². The summed E-state index contributed by atoms with van der Waals surface area (Å²) in [5.41, 5.74) is 1.95. The Bertz CT molecular complexity index is 985. The summed E-state index contributed by atoms with van der Waals surface area (Å²) in [5.74, 6) is 0.392. The minimum atomic E-state index is -0.608. The van der Waals surface area contributed by atoms with Gasteiger partial charge in [0.05, 0.1) is 4.92 Å². The number of anilines is 1. The number of nitrogens with one attached hydrogen (secondary N) is 1. The van der Waals surface area contributed by atoms with E-state index >= 15 is 0 Å². The lowest BCUT2D eigenvalue weighted by atomic mass is 10.1. The van der Waals surface area contributed by atoms with Gasteiger partial charge >= 0.3 is 0 Å². The minimum Gasteiger partial charge on any atom is -0.421 e. The molecule has 0 unspecified atom stereocenters. The van der Waals surface area contributed by atoms with Crippen LogP contribution in [0, 0.1) is 17.0 Å². The van der Waals surface area contributed by atoms with Crippen LogP contribution in [-0.2, 0) is 11.2 Å². The highest BCUT2D eigenvalue weighted by Crippen LogP contribution is 2.27. The standard InChI is InChI=1S/C18H15ClN4O4/c1-11-2-4-12(5-3-11)18-22-21-17(27-18)9-8-16(24)20-13-6-7-14(19)15(10-13)23(25)26/h2-7,10H,8-9H2,1H3,(H,20,24). The van der Waals surface area contributed by atoms with Crippen LogP contribution >= 0.6 is 11.6 Å². The van der Waals surface area contributed by atoms with E-state index in [1.807, 2.05) is 31.2 Å². The number of carbonyl (C=O) groups excluding carboxylic acids is 1. The molecule has 0 aliphatic carbocycles. The van der Waals surface area contributed by atoms with Gasteiger partial charge in [-0.25, -0.2) is 0 Å². The van der Waals surface area contributed by atoms with Crippen molar-refractivity contribution in [3.05, 3.63) is 69.1 Å². The first-order valence-corrected chi connectivity index (χ1v) is 8.43. The van der Waals surface area contributed by atoms with Gasteiger partial charge in [-0.3, -0.25) is 14.9 Å². The van der Waals surface area contributed by atoms with E-state index in [0.29, 0.717) is 17.5 Å². The fraction of sp³-hybridized carbons (Fsp3) is 0.167. The molecule has 2 aromatic carbocycles. The van der Waals surface area contributed by atoms with Crippen LogP contribution in [0.4, 0.5) is 11.4 Å². The van der Waals surface area contributed by atoms with E-state index in [1.165, 1.54) is 18.2 Å². The zero-order chi connectivity index (χ0) is 19.4. The van der Waals surface area contributed by atoms with Gasteiger partial charge in [0, 0.05) is 30.2 Å². The predicted octanol–water partition coefficient (Wildman–Crippen LogP) is 4.18. The molecule has 0 radical (unpaired) electrons. The number of nitro benzene ring substituents is 1. The molecule has 27 heavy (non-hydrogen) atoms. The third kappa shape index (κ3) is 4.68. The summed E-state index contributed by atoms with van der Waals surface area (Å²) < 4.78 is 5.57. The number of carbonyl (C=O) groups is 1. The van der Waals surface area contributed by atoms with Crippen molar-refractivity contribution < 1.29 is 14.1 Å². The third-order valence-corrected chi connectivity index (χ3v) is 4.08. The van der Waals surface area contributed by atoms with Crippen LogP contribution in [0.1, 0.15) is 17.9 Å². The van der Waals surface area contributed by atoms with Crippen LogP contribution in [0.5, 0.6) is 0 Å². The molecule has 138 valence electrons. The average molecular weight is 387 g/mol. The molecule has 0 bridgehead atoms. The smallest absolute Gasteiger partial charge is 0.289 e. The molecule has 0 fully saturated rings. The average Bonchev–Trinajstić information content (AvgIpc) is 3.11. The van der Waals surface area contributed by atoms with Crippen molar-refractivity contribution in [2.75, 3.05) is 5.32 Å². The number of hydrogen-bond acceptors (Lipinski definition) is 6. The molecule has 0 saturated carbocycles. The van der Waals surface area contributed by atoms with Gasteiger partial charge in [0.15, 0.2) is 0 Å². The molecule has 1 aromatic heterocycles. The lowest BCUT2D eigenvalue weighted by Gasteiger charge is -2.04. The topological polar surface area (TPSA) is 111 Å². The first-order valence-electron chi connectivity index (χ1n) is 8.05. The highest BCUT2D eigenvalue weighted by atomic mass is 35.5. The van der Waals surface area contributed by atoms with Crippen molar-refractivity contribution >= 4 is 28.9 Å². The molecule has 1 N–H and O–H groups in total. The highest BCUT2D eigenvalue weighted by Gasteiger charge is 2.15. The second-order valence-corrected chi connectivity index (χ2v) is 6.25. The summed E-state index contributed by atoms with van der Waals surface area (Å²) in [5, 5.41) is 21.4. The Labute approximate surface area is 159 Å². The highest BCUT2D eigenvalue weighted by molar-refractivity contribution is 6.32. The van der Waals surface area contributed by atoms with Crippen LogP contribution in [0.15, 0.2) is 46.9 Å². The van der Waals surface area contributed by atoms with E-state index in [2.05, 4.69) is 15.5 Å². The van der Waals surface area contributed by atoms with Crippen LogP contribution in [0.3, 0.4) is 0 Å². The molecule has 0 aliphatic rings. The van der Waals surface area contributed by atoms with Crippen LogP contribution < -0.4 is 5.32 Å². The molecular formula is C18H15ClN4O4. The maximum atomic E-state index is 12.1. The molecule has 0 aliphatic heterocycles. The van der Waals surface area contributed by atoms with Gasteiger partial charge in [-0.15, -0.1) is 10.2 Å². The molecule has 9 heteroatoms. The Balaban J connectivity index is 1.59. The number of halogens is 1. The van der Waals surface area contributed by atoms with Crippen molar-refractivity contribution in [3.8, 4) is 11.5 Å². The quantitative estimate of drug-likeness (QED) is 0.502. The maximum absolute atomic E-state index is 12.1. The van der Waals surface area contributed by atoms with Crippen molar-refractivity contribution in [3.63, 3.8) is 0 Å². The number of aryl methyl sites for hydroxylation is 2. The number of nitrogens with zero attached hydrogens (tertiary/aromatic N) is 3. The molecule has 1 amide bonds. The normalized spacial score (nSPS) is 10.6. The zero-order valence-corrected chi connectivity index (χ0v) is 15.1. The Morgan fingerprint density at radius 2 is 1.96 bits per heavy atom. The maximum Gasteiger partial charge on any atom is 0.289 e. The van der Waals surface area contributed by atoms with Crippen LogP contribution in [-0.4, -0.2) is 21.0 Å². The zero-order valence-electron chi connectivity index (χ0n) is 14.3. The summed E-state index contributed by atoms with van der Waals surface area (Å²) in [4.78, 5) is 22.3. The first kappa shape index (κ1) is 18.5. The third-order valence-electron chi connectivity index (χ3n) is 3.76. The van der Waals surface area contributed by atoms with E-state index in [4.69, 9.17) is 16.0 Å². The SMILES string of the molecule is Cc1ccc(-c2nnc(CCC(=O)Nc3ccc(Cl)c([N+](=O)[O-])c3)o2)cc1. The lowest BCUT2D eigenvalue weighted by Crippen LogP contribution is -2.12. The number of benzene rings is 2. The van der Waals surface area contributed by atoms with Crippen molar-refractivity contribution in [1.29, 1.82) is 0 Å². The fourth-order valence-electron chi connectivity index (χ4n) is 2.34. The van der Waals surface area contributed by atoms with E-state index in [9.17, 15) is 14.9 Å². The van der Waals surface area contributed by atoms with Crippen LogP contribution in [0.2, 0.25) is 5.02 Å². The van der Waals surface area contributed by atoms with E-state index in [0.717, 1.165) is 11.1 Å². The molecule has 3 aromatic rings. The number of nitro groups is 1. The Morgan fingerprint density at radius 1 is 1.22 bits per heavy atom. The van der Waals surface area contributed by atoms with Gasteiger partial charge in [-0.2, -0.15) is 0 Å². The molecule has 3 rings (SSSR count). The number of hydrogen-bond donors (Lipinski definition) is 1. The molecule has 8 nitrogen and oxygen atoms in total. The van der Waals surface area contributed by atoms with Gasteiger partial charge in [0.25, 0.3) is 5.69 Å². The molecular weight excluding hydrogens is 372 g/mol. The molecule has 0 atom stereocenters. The molecule has 0 saturated heterocycles. The second kappa shape index (κ2) is 7.96. The van der Waals surface area contributed by atoms with Gasteiger partial charge in [0.2, 0.25) is 17.7 Å². The molecule has 0 spiro atoms. The van der Waals surface area contributed by atoms with E-state index < -0.39 is 4.92 Å². The van der Waals surface area contributed by atoms with Gasteiger partial charge in [-0.05, 0) is 31.2 Å². The summed E-state index contributed by atoms with van der Waals surface area (Å²) in [6.07, 6.45) is 0.340. The predicted molar refractivity (Wildman–Crippen MR) is 99.5 cm³/mol. The fourth-order valence-corrected chi connectivity index (χ4v) is 2.53. The van der Waals surface area contributed by atoms with Gasteiger partial charge in [-0.1, -0.05) is 29.3 Å². The Kier molecular flexibility index (Phi) is 5.46. The number of aromatic nitrogens is 2.